The van der Waals surface area contributed by atoms with Gasteiger partial charge in [0.2, 0.25) is 0 Å². The lowest BCUT2D eigenvalue weighted by Crippen LogP contribution is -2.09. The molecule has 1 aliphatic rings. The van der Waals surface area contributed by atoms with E-state index in [9.17, 15) is 4.79 Å². The van der Waals surface area contributed by atoms with Crippen LogP contribution in [0.4, 0.5) is 5.69 Å². The maximum Gasteiger partial charge on any atom is 0.356 e. The molecule has 1 atom stereocenters. The summed E-state index contributed by atoms with van der Waals surface area (Å²) >= 11 is 5.73. The van der Waals surface area contributed by atoms with Gasteiger partial charge in [-0.25, -0.2) is 9.78 Å². The van der Waals surface area contributed by atoms with Gasteiger partial charge in [0, 0.05) is 12.6 Å². The second kappa shape index (κ2) is 3.97. The molecule has 1 aromatic heterocycles. The number of aromatic carboxylic acids is 1. The predicted octanol–water partition coefficient (Wildman–Crippen LogP) is 1.46. The van der Waals surface area contributed by atoms with Crippen LogP contribution in [0.25, 0.3) is 0 Å². The quantitative estimate of drug-likeness (QED) is 0.817. The molecular weight excluding hydrogens is 234 g/mol. The number of oxime groups is 1. The number of hydrogen-bond acceptors (Lipinski definition) is 5. The van der Waals surface area contributed by atoms with Gasteiger partial charge in [-0.05, 0) is 6.07 Å². The molecule has 1 unspecified atom stereocenters. The van der Waals surface area contributed by atoms with E-state index in [0.29, 0.717) is 12.1 Å². The van der Waals surface area contributed by atoms with Crippen molar-refractivity contribution in [2.24, 2.45) is 5.16 Å². The van der Waals surface area contributed by atoms with E-state index in [-0.39, 0.29) is 16.4 Å². The average Bonchev–Trinajstić information content (AvgIpc) is 2.74. The van der Waals surface area contributed by atoms with Gasteiger partial charge < -0.3 is 15.7 Å². The minimum absolute atomic E-state index is 0.0600. The van der Waals surface area contributed by atoms with E-state index in [0.717, 1.165) is 0 Å². The SMILES string of the molecule is Nc1cc(C2CC=NO2)nc(C(=O)O)c1Cl. The van der Waals surface area contributed by atoms with Gasteiger partial charge in [0.25, 0.3) is 0 Å². The van der Waals surface area contributed by atoms with Gasteiger partial charge in [0.05, 0.1) is 16.4 Å². The van der Waals surface area contributed by atoms with E-state index < -0.39 is 12.1 Å². The summed E-state index contributed by atoms with van der Waals surface area (Å²) < 4.78 is 0. The molecular formula is C9H8ClN3O3. The number of aromatic nitrogens is 1. The third-order valence-corrected chi connectivity index (χ3v) is 2.52. The largest absolute Gasteiger partial charge is 0.476 e. The van der Waals surface area contributed by atoms with Crippen LogP contribution in [0.5, 0.6) is 0 Å². The van der Waals surface area contributed by atoms with E-state index in [4.69, 9.17) is 27.3 Å². The average molecular weight is 242 g/mol. The van der Waals surface area contributed by atoms with Gasteiger partial charge in [-0.1, -0.05) is 16.8 Å². The molecule has 16 heavy (non-hydrogen) atoms. The zero-order valence-corrected chi connectivity index (χ0v) is 8.81. The van der Waals surface area contributed by atoms with Crippen molar-refractivity contribution in [2.45, 2.75) is 12.5 Å². The van der Waals surface area contributed by atoms with Gasteiger partial charge >= 0.3 is 5.97 Å². The van der Waals surface area contributed by atoms with Crippen LogP contribution in [0.1, 0.15) is 28.7 Å². The standard InChI is InChI=1S/C9H8ClN3O3/c10-7-4(11)3-5(6-1-2-12-16-6)13-8(7)9(14)15/h2-3,6H,1H2,(H2,11,13)(H,14,15). The van der Waals surface area contributed by atoms with Crippen molar-refractivity contribution in [1.82, 2.24) is 4.98 Å². The Balaban J connectivity index is 2.44. The molecule has 2 rings (SSSR count). The molecule has 0 saturated heterocycles. The van der Waals surface area contributed by atoms with E-state index in [1.807, 2.05) is 0 Å². The first-order valence-electron chi connectivity index (χ1n) is 4.46. The number of anilines is 1. The Kier molecular flexibility index (Phi) is 2.66. The molecule has 0 spiro atoms. The number of halogens is 1. The minimum Gasteiger partial charge on any atom is -0.476 e. The van der Waals surface area contributed by atoms with Crippen LogP contribution in [-0.2, 0) is 4.84 Å². The maximum absolute atomic E-state index is 10.9. The zero-order valence-electron chi connectivity index (χ0n) is 8.05. The number of rotatable bonds is 2. The molecule has 0 bridgehead atoms. The Morgan fingerprint density at radius 1 is 1.69 bits per heavy atom. The van der Waals surface area contributed by atoms with E-state index in [1.165, 1.54) is 6.07 Å². The fraction of sp³-hybridized carbons (Fsp3) is 0.222. The summed E-state index contributed by atoms with van der Waals surface area (Å²) in [6.45, 7) is 0. The van der Waals surface area contributed by atoms with Gasteiger partial charge in [-0.3, -0.25) is 0 Å². The monoisotopic (exact) mass is 241 g/mol. The molecule has 6 nitrogen and oxygen atoms in total. The highest BCUT2D eigenvalue weighted by molar-refractivity contribution is 6.35. The Morgan fingerprint density at radius 3 is 3.00 bits per heavy atom. The molecule has 0 aromatic carbocycles. The number of pyridine rings is 1. The molecule has 7 heteroatoms. The summed E-state index contributed by atoms with van der Waals surface area (Å²) in [6, 6.07) is 1.49. The summed E-state index contributed by atoms with van der Waals surface area (Å²) in [7, 11) is 0. The Hall–Kier alpha value is -1.82. The molecule has 0 radical (unpaired) electrons. The van der Waals surface area contributed by atoms with E-state index in [2.05, 4.69) is 10.1 Å². The molecule has 0 amide bonds. The number of hydrogen-bond donors (Lipinski definition) is 2. The van der Waals surface area contributed by atoms with Crippen molar-refractivity contribution in [3.63, 3.8) is 0 Å². The highest BCUT2D eigenvalue weighted by atomic mass is 35.5. The molecule has 1 aliphatic heterocycles. The van der Waals surface area contributed by atoms with Gasteiger partial charge in [0.15, 0.2) is 11.8 Å². The number of carbonyl (C=O) groups is 1. The molecule has 0 fully saturated rings. The Morgan fingerprint density at radius 2 is 2.44 bits per heavy atom. The molecule has 0 aliphatic carbocycles. The molecule has 0 saturated carbocycles. The van der Waals surface area contributed by atoms with Crippen LogP contribution in [-0.4, -0.2) is 22.3 Å². The summed E-state index contributed by atoms with van der Waals surface area (Å²) in [5.41, 5.74) is 5.90. The Labute approximate surface area is 95.7 Å². The smallest absolute Gasteiger partial charge is 0.356 e. The number of carboxylic acids is 1. The second-order valence-electron chi connectivity index (χ2n) is 3.22. The number of nitrogens with two attached hydrogens (primary N) is 1. The first-order valence-corrected chi connectivity index (χ1v) is 4.84. The second-order valence-corrected chi connectivity index (χ2v) is 3.60. The van der Waals surface area contributed by atoms with Crippen LogP contribution in [0.2, 0.25) is 5.02 Å². The fourth-order valence-corrected chi connectivity index (χ4v) is 1.53. The van der Waals surface area contributed by atoms with E-state index in [1.54, 1.807) is 6.21 Å². The van der Waals surface area contributed by atoms with E-state index >= 15 is 0 Å². The summed E-state index contributed by atoms with van der Waals surface area (Å²) in [4.78, 5) is 19.7. The lowest BCUT2D eigenvalue weighted by atomic mass is 10.1. The first kappa shape index (κ1) is 10.7. The Bertz CT molecular complexity index is 467. The topological polar surface area (TPSA) is 97.8 Å². The van der Waals surface area contributed by atoms with Crippen LogP contribution < -0.4 is 5.73 Å². The number of nitrogens with zero attached hydrogens (tertiary/aromatic N) is 2. The lowest BCUT2D eigenvalue weighted by Gasteiger charge is -2.10. The highest BCUT2D eigenvalue weighted by Gasteiger charge is 2.22. The number of nitrogen functional groups attached to an aromatic ring is 1. The van der Waals surface area contributed by atoms with Crippen LogP contribution in [0, 0.1) is 0 Å². The fourth-order valence-electron chi connectivity index (χ4n) is 1.35. The molecule has 3 N–H and O–H groups in total. The van der Waals surface area contributed by atoms with Crippen LogP contribution >= 0.6 is 11.6 Å². The van der Waals surface area contributed by atoms with Gasteiger partial charge in [-0.15, -0.1) is 0 Å². The predicted molar refractivity (Wildman–Crippen MR) is 57.6 cm³/mol. The normalized spacial score (nSPS) is 18.4. The van der Waals surface area contributed by atoms with Crippen LogP contribution in [0.15, 0.2) is 11.2 Å². The first-order chi connectivity index (χ1) is 7.59. The minimum atomic E-state index is -1.22. The summed E-state index contributed by atoms with van der Waals surface area (Å²) in [5.74, 6) is -1.22. The summed E-state index contributed by atoms with van der Waals surface area (Å²) in [6.07, 6.45) is 1.72. The third-order valence-electron chi connectivity index (χ3n) is 2.12. The van der Waals surface area contributed by atoms with Crippen molar-refractivity contribution >= 4 is 29.5 Å². The number of carboxylic acid groups (broad SMARTS) is 1. The van der Waals surface area contributed by atoms with Gasteiger partial charge in [-0.2, -0.15) is 0 Å². The summed E-state index contributed by atoms with van der Waals surface area (Å²) in [5, 5.41) is 12.4. The van der Waals surface area contributed by atoms with Crippen molar-refractivity contribution in [3.8, 4) is 0 Å². The van der Waals surface area contributed by atoms with Crippen molar-refractivity contribution < 1.29 is 14.7 Å². The van der Waals surface area contributed by atoms with Gasteiger partial charge in [0.1, 0.15) is 0 Å². The zero-order chi connectivity index (χ0) is 11.7. The maximum atomic E-state index is 10.9. The van der Waals surface area contributed by atoms with Crippen molar-refractivity contribution in [2.75, 3.05) is 5.73 Å². The lowest BCUT2D eigenvalue weighted by molar-refractivity contribution is 0.0683. The van der Waals surface area contributed by atoms with Crippen LogP contribution in [0.3, 0.4) is 0 Å². The molecule has 84 valence electrons. The molecule has 2 heterocycles. The molecule has 1 aromatic rings. The van der Waals surface area contributed by atoms with Crippen molar-refractivity contribution in [3.05, 3.63) is 22.5 Å². The highest BCUT2D eigenvalue weighted by Crippen LogP contribution is 2.29. The van der Waals surface area contributed by atoms with Crippen molar-refractivity contribution in [1.29, 1.82) is 0 Å². The third kappa shape index (κ3) is 1.79.